The highest BCUT2D eigenvalue weighted by atomic mass is 32.1. The number of nitrogens with two attached hydrogens (primary N) is 1. The Bertz CT molecular complexity index is 434. The number of aryl methyl sites for hydroxylation is 1. The number of hydrogen-bond donors (Lipinski definition) is 2. The van der Waals surface area contributed by atoms with Crippen LogP contribution in [-0.2, 0) is 12.8 Å². The highest BCUT2D eigenvalue weighted by Crippen LogP contribution is 2.30. The van der Waals surface area contributed by atoms with Gasteiger partial charge in [0.2, 0.25) is 0 Å². The molecule has 1 aromatic rings. The molecule has 0 bridgehead atoms. The van der Waals surface area contributed by atoms with E-state index in [1.165, 1.54) is 29.5 Å². The first-order chi connectivity index (χ1) is 8.85. The second-order valence-electron chi connectivity index (χ2n) is 4.31. The maximum atomic E-state index is 4.19. The van der Waals surface area contributed by atoms with Gasteiger partial charge in [0.05, 0.1) is 0 Å². The SMILES string of the molecule is C=C/C=C(\C=C)[C@H]1CCc2ccccc2C1.NS. The molecule has 0 saturated heterocycles. The van der Waals surface area contributed by atoms with E-state index in [0.717, 1.165) is 6.42 Å². The Morgan fingerprint density at radius 3 is 2.50 bits per heavy atom. The van der Waals surface area contributed by atoms with Crippen LogP contribution in [0.3, 0.4) is 0 Å². The van der Waals surface area contributed by atoms with Crippen molar-refractivity contribution in [1.29, 1.82) is 0 Å². The van der Waals surface area contributed by atoms with Crippen molar-refractivity contribution in [1.82, 2.24) is 0 Å². The summed E-state index contributed by atoms with van der Waals surface area (Å²) >= 11 is 3.03. The summed E-state index contributed by atoms with van der Waals surface area (Å²) in [5, 5.41) is 4.19. The van der Waals surface area contributed by atoms with E-state index >= 15 is 0 Å². The van der Waals surface area contributed by atoms with Crippen LogP contribution in [-0.4, -0.2) is 0 Å². The lowest BCUT2D eigenvalue weighted by Crippen LogP contribution is -2.15. The van der Waals surface area contributed by atoms with Gasteiger partial charge in [-0.25, -0.2) is 0 Å². The molecule has 0 spiro atoms. The van der Waals surface area contributed by atoms with E-state index in [9.17, 15) is 0 Å². The van der Waals surface area contributed by atoms with Crippen molar-refractivity contribution in [2.24, 2.45) is 11.1 Å². The predicted octanol–water partition coefficient (Wildman–Crippen LogP) is 3.88. The van der Waals surface area contributed by atoms with Crippen molar-refractivity contribution in [3.8, 4) is 0 Å². The summed E-state index contributed by atoms with van der Waals surface area (Å²) < 4.78 is 0. The van der Waals surface area contributed by atoms with Gasteiger partial charge in [-0.05, 0) is 41.9 Å². The van der Waals surface area contributed by atoms with Gasteiger partial charge in [-0.15, -0.1) is 12.8 Å². The van der Waals surface area contributed by atoms with Crippen LogP contribution >= 0.6 is 12.8 Å². The molecule has 0 fully saturated rings. The van der Waals surface area contributed by atoms with Crippen molar-refractivity contribution in [3.63, 3.8) is 0 Å². The van der Waals surface area contributed by atoms with Crippen LogP contribution < -0.4 is 5.14 Å². The highest BCUT2D eigenvalue weighted by molar-refractivity contribution is 7.77. The Labute approximate surface area is 116 Å². The van der Waals surface area contributed by atoms with Crippen molar-refractivity contribution < 1.29 is 0 Å². The number of fused-ring (bicyclic) bond motifs is 1. The summed E-state index contributed by atoms with van der Waals surface area (Å²) in [7, 11) is 0. The molecule has 0 aromatic heterocycles. The Morgan fingerprint density at radius 1 is 1.22 bits per heavy atom. The van der Waals surface area contributed by atoms with Gasteiger partial charge < -0.3 is 0 Å². The van der Waals surface area contributed by atoms with Crippen LogP contribution in [0, 0.1) is 5.92 Å². The van der Waals surface area contributed by atoms with E-state index in [1.807, 2.05) is 12.2 Å². The van der Waals surface area contributed by atoms with Gasteiger partial charge in [-0.3, -0.25) is 5.14 Å². The first kappa shape index (κ1) is 14.8. The Balaban J connectivity index is 0.000000771. The zero-order valence-corrected chi connectivity index (χ0v) is 11.6. The number of thiol groups is 1. The van der Waals surface area contributed by atoms with Gasteiger partial charge in [0.15, 0.2) is 0 Å². The lowest BCUT2D eigenvalue weighted by molar-refractivity contribution is 0.535. The molecule has 2 N–H and O–H groups in total. The normalized spacial score (nSPS) is 18.1. The summed E-state index contributed by atoms with van der Waals surface area (Å²) in [6.07, 6.45) is 9.47. The summed E-state index contributed by atoms with van der Waals surface area (Å²) in [5.41, 5.74) is 4.33. The largest absolute Gasteiger partial charge is 0.281 e. The number of hydrogen-bond acceptors (Lipinski definition) is 2. The quantitative estimate of drug-likeness (QED) is 0.625. The molecule has 1 aromatic carbocycles. The first-order valence-corrected chi connectivity index (χ1v) is 6.64. The molecule has 96 valence electrons. The van der Waals surface area contributed by atoms with E-state index in [4.69, 9.17) is 0 Å². The molecular weight excluding hydrogens is 238 g/mol. The summed E-state index contributed by atoms with van der Waals surface area (Å²) in [4.78, 5) is 0. The van der Waals surface area contributed by atoms with Crippen LogP contribution in [0.2, 0.25) is 0 Å². The fourth-order valence-electron chi connectivity index (χ4n) is 2.49. The average molecular weight is 259 g/mol. The fraction of sp³-hybridized carbons (Fsp3) is 0.250. The summed E-state index contributed by atoms with van der Waals surface area (Å²) in [5.74, 6) is 0.616. The van der Waals surface area contributed by atoms with Crippen LogP contribution in [0.4, 0.5) is 0 Å². The average Bonchev–Trinajstić information content (AvgIpc) is 2.46. The molecule has 18 heavy (non-hydrogen) atoms. The zero-order valence-electron chi connectivity index (χ0n) is 10.7. The van der Waals surface area contributed by atoms with Gasteiger partial charge in [0, 0.05) is 0 Å². The van der Waals surface area contributed by atoms with E-state index in [2.05, 4.69) is 61.5 Å². The maximum absolute atomic E-state index is 4.19. The molecule has 1 nitrogen and oxygen atoms in total. The topological polar surface area (TPSA) is 26.0 Å². The minimum Gasteiger partial charge on any atom is -0.281 e. The minimum atomic E-state index is 0.616. The smallest absolute Gasteiger partial charge is 0.0118 e. The molecule has 0 radical (unpaired) electrons. The molecule has 1 aliphatic carbocycles. The summed E-state index contributed by atoms with van der Waals surface area (Å²) in [6, 6.07) is 8.76. The fourth-order valence-corrected chi connectivity index (χ4v) is 2.49. The molecule has 0 saturated carbocycles. The van der Waals surface area contributed by atoms with Crippen LogP contribution in [0.15, 0.2) is 61.2 Å². The molecule has 0 unspecified atom stereocenters. The number of rotatable bonds is 3. The van der Waals surface area contributed by atoms with Crippen molar-refractivity contribution in [3.05, 3.63) is 72.4 Å². The predicted molar refractivity (Wildman–Crippen MR) is 83.6 cm³/mol. The van der Waals surface area contributed by atoms with Gasteiger partial charge in [0.25, 0.3) is 0 Å². The molecule has 0 amide bonds. The minimum absolute atomic E-state index is 0.616. The Kier molecular flexibility index (Phi) is 6.55. The molecular formula is C16H21NS. The summed E-state index contributed by atoms with van der Waals surface area (Å²) in [6.45, 7) is 7.66. The van der Waals surface area contributed by atoms with Crippen molar-refractivity contribution in [2.45, 2.75) is 19.3 Å². The number of allylic oxidation sites excluding steroid dienone is 4. The molecule has 2 rings (SSSR count). The molecule has 2 heteroatoms. The van der Waals surface area contributed by atoms with E-state index in [-0.39, 0.29) is 0 Å². The molecule has 1 atom stereocenters. The van der Waals surface area contributed by atoms with Crippen LogP contribution in [0.1, 0.15) is 17.5 Å². The van der Waals surface area contributed by atoms with Gasteiger partial charge >= 0.3 is 0 Å². The van der Waals surface area contributed by atoms with Crippen LogP contribution in [0.5, 0.6) is 0 Å². The van der Waals surface area contributed by atoms with Crippen molar-refractivity contribution in [2.75, 3.05) is 0 Å². The molecule has 1 aliphatic rings. The van der Waals surface area contributed by atoms with Crippen LogP contribution in [0.25, 0.3) is 0 Å². The Hall–Kier alpha value is -1.25. The van der Waals surface area contributed by atoms with Crippen molar-refractivity contribution >= 4 is 12.8 Å². The van der Waals surface area contributed by atoms with E-state index < -0.39 is 0 Å². The lowest BCUT2D eigenvalue weighted by Gasteiger charge is -2.25. The number of benzene rings is 1. The van der Waals surface area contributed by atoms with Gasteiger partial charge in [-0.1, -0.05) is 55.7 Å². The monoisotopic (exact) mass is 259 g/mol. The second-order valence-corrected chi connectivity index (χ2v) is 4.31. The maximum Gasteiger partial charge on any atom is -0.0118 e. The molecule has 0 aliphatic heterocycles. The first-order valence-electron chi connectivity index (χ1n) is 6.13. The third-order valence-corrected chi connectivity index (χ3v) is 3.36. The zero-order chi connectivity index (χ0) is 13.4. The van der Waals surface area contributed by atoms with E-state index in [0.29, 0.717) is 5.92 Å². The van der Waals surface area contributed by atoms with E-state index in [1.54, 1.807) is 0 Å². The highest BCUT2D eigenvalue weighted by Gasteiger charge is 2.19. The third-order valence-electron chi connectivity index (χ3n) is 3.36. The lowest BCUT2D eigenvalue weighted by atomic mass is 9.80. The standard InChI is InChI=1S/C16H18.H3NS/c1-3-7-13(4-2)16-11-10-14-8-5-6-9-15(14)12-16;1-2/h3-9,16H,1-2,10-12H2;2H,1H2/b13-7+;/t16-;/m0./s1. The van der Waals surface area contributed by atoms with Gasteiger partial charge in [-0.2, -0.15) is 0 Å². The third kappa shape index (κ3) is 3.62. The van der Waals surface area contributed by atoms with Gasteiger partial charge in [0.1, 0.15) is 0 Å². The second kappa shape index (κ2) is 7.96. The Morgan fingerprint density at radius 2 is 1.89 bits per heavy atom. The molecule has 0 heterocycles.